The van der Waals surface area contributed by atoms with Gasteiger partial charge in [0.1, 0.15) is 6.61 Å². The normalized spacial score (nSPS) is 13.2. The number of hydrogen-bond donors (Lipinski definition) is 2. The van der Waals surface area contributed by atoms with Gasteiger partial charge in [-0.05, 0) is 77.0 Å². The van der Waals surface area contributed by atoms with E-state index in [1.54, 1.807) is 0 Å². The second kappa shape index (κ2) is 38.2. The highest BCUT2D eigenvalue weighted by Crippen LogP contribution is 2.36. The number of carbonyl (C=O) groups excluding carboxylic acids is 2. The lowest BCUT2D eigenvalue weighted by molar-refractivity contribution is -0.161. The molecule has 0 saturated heterocycles. The highest BCUT2D eigenvalue weighted by Gasteiger charge is 2.22. The molecule has 0 aromatic rings. The Kier molecular flexibility index (Phi) is 36.4. The maximum absolute atomic E-state index is 12.4. The van der Waals surface area contributed by atoms with Crippen molar-refractivity contribution in [3.8, 4) is 0 Å². The zero-order valence-corrected chi connectivity index (χ0v) is 33.6. The van der Waals surface area contributed by atoms with Crippen LogP contribution in [0.15, 0.2) is 72.9 Å². The number of esters is 2. The molecule has 2 N–H and O–H groups in total. The fourth-order valence-electron chi connectivity index (χ4n) is 5.17. The smallest absolute Gasteiger partial charge is 0.462 e. The quantitative estimate of drug-likeness (QED) is 0.0281. The van der Waals surface area contributed by atoms with E-state index in [1.165, 1.54) is 64.2 Å². The molecule has 0 heterocycles. The van der Waals surface area contributed by atoms with E-state index >= 15 is 0 Å². The molecule has 0 rings (SSSR count). The Hall–Kier alpha value is -2.51. The van der Waals surface area contributed by atoms with E-state index in [0.29, 0.717) is 12.8 Å². The highest BCUT2D eigenvalue weighted by molar-refractivity contribution is 7.46. The molecule has 0 radical (unpaired) electrons. The second-order valence-electron chi connectivity index (χ2n) is 13.2. The molecule has 8 nitrogen and oxygen atoms in total. The summed E-state index contributed by atoms with van der Waals surface area (Å²) in [6.45, 7) is 3.54. The summed E-state index contributed by atoms with van der Waals surface area (Å²) in [6, 6.07) is 0. The Balaban J connectivity index is 4.08. The van der Waals surface area contributed by atoms with Gasteiger partial charge in [-0.2, -0.15) is 0 Å². The summed E-state index contributed by atoms with van der Waals surface area (Å²) in [5.41, 5.74) is 0. The molecule has 0 fully saturated rings. The van der Waals surface area contributed by atoms with Gasteiger partial charge in [-0.25, -0.2) is 4.57 Å². The predicted octanol–water partition coefficient (Wildman–Crippen LogP) is 12.3. The monoisotopic (exact) mass is 749 g/mol. The second-order valence-corrected chi connectivity index (χ2v) is 14.5. The minimum atomic E-state index is -4.77. The van der Waals surface area contributed by atoms with E-state index in [4.69, 9.17) is 19.3 Å². The van der Waals surface area contributed by atoms with Crippen LogP contribution in [0.25, 0.3) is 0 Å². The maximum Gasteiger partial charge on any atom is 0.469 e. The first-order valence-corrected chi connectivity index (χ1v) is 21.8. The van der Waals surface area contributed by atoms with Crippen LogP contribution in [-0.2, 0) is 28.2 Å². The van der Waals surface area contributed by atoms with Crippen LogP contribution in [-0.4, -0.2) is 41.0 Å². The van der Waals surface area contributed by atoms with Gasteiger partial charge in [0.15, 0.2) is 6.10 Å². The van der Waals surface area contributed by atoms with Crippen LogP contribution in [0.2, 0.25) is 0 Å². The topological polar surface area (TPSA) is 119 Å². The molecular weight excluding hydrogens is 675 g/mol. The largest absolute Gasteiger partial charge is 0.469 e. The van der Waals surface area contributed by atoms with Gasteiger partial charge >= 0.3 is 19.8 Å². The van der Waals surface area contributed by atoms with E-state index in [1.807, 2.05) is 0 Å². The van der Waals surface area contributed by atoms with Crippen molar-refractivity contribution < 1.29 is 37.9 Å². The fraction of sp³-hybridized carbons (Fsp3) is 0.674. The van der Waals surface area contributed by atoms with Crippen LogP contribution in [0.3, 0.4) is 0 Å². The van der Waals surface area contributed by atoms with Gasteiger partial charge in [-0.3, -0.25) is 14.1 Å². The summed E-state index contributed by atoms with van der Waals surface area (Å²) in [5, 5.41) is 0. The number of carbonyl (C=O) groups is 2. The van der Waals surface area contributed by atoms with Crippen molar-refractivity contribution in [2.24, 2.45) is 0 Å². The Bertz CT molecular complexity index is 1070. The highest BCUT2D eigenvalue weighted by atomic mass is 31.2. The molecule has 298 valence electrons. The number of unbranched alkanes of at least 4 members (excludes halogenated alkanes) is 14. The van der Waals surface area contributed by atoms with Crippen molar-refractivity contribution in [1.29, 1.82) is 0 Å². The lowest BCUT2D eigenvalue weighted by Crippen LogP contribution is -2.29. The molecule has 0 saturated carbocycles. The lowest BCUT2D eigenvalue weighted by Gasteiger charge is -2.18. The van der Waals surface area contributed by atoms with Crippen molar-refractivity contribution in [3.05, 3.63) is 72.9 Å². The molecule has 0 unspecified atom stereocenters. The van der Waals surface area contributed by atoms with Crippen LogP contribution in [0.5, 0.6) is 0 Å². The molecular formula is C43H73O8P. The van der Waals surface area contributed by atoms with Gasteiger partial charge < -0.3 is 19.3 Å². The van der Waals surface area contributed by atoms with Gasteiger partial charge in [0.25, 0.3) is 0 Å². The summed E-state index contributed by atoms with van der Waals surface area (Å²) >= 11 is 0. The van der Waals surface area contributed by atoms with Crippen molar-refractivity contribution in [2.45, 2.75) is 174 Å². The zero-order chi connectivity index (χ0) is 38.2. The summed E-state index contributed by atoms with van der Waals surface area (Å²) < 4.78 is 26.3. The number of rotatable bonds is 36. The molecule has 1 atom stereocenters. The third-order valence-electron chi connectivity index (χ3n) is 8.18. The van der Waals surface area contributed by atoms with Gasteiger partial charge in [0.05, 0.1) is 6.61 Å². The van der Waals surface area contributed by atoms with Crippen molar-refractivity contribution >= 4 is 19.8 Å². The molecule has 0 aromatic heterocycles. The SMILES string of the molecule is CCC/C=C/C/C=C/C/C=C/C/C=C/CCCCCC(=O)O[C@H](COC(=O)CCC/C=C/C/C=C/CCCCCCCCCCC)COP(=O)(O)O. The number of hydrogen-bond acceptors (Lipinski definition) is 6. The molecule has 0 aliphatic heterocycles. The van der Waals surface area contributed by atoms with Gasteiger partial charge in [0, 0.05) is 12.8 Å². The lowest BCUT2D eigenvalue weighted by atomic mass is 10.1. The number of phosphoric acid groups is 1. The van der Waals surface area contributed by atoms with Gasteiger partial charge in [-0.15, -0.1) is 0 Å². The molecule has 0 amide bonds. The number of ether oxygens (including phenoxy) is 2. The maximum atomic E-state index is 12.4. The summed E-state index contributed by atoms with van der Waals surface area (Å²) in [6.07, 6.45) is 49.1. The van der Waals surface area contributed by atoms with Crippen LogP contribution in [0.1, 0.15) is 168 Å². The number of phosphoric ester groups is 1. The molecule has 0 aliphatic carbocycles. The first-order chi connectivity index (χ1) is 25.3. The van der Waals surface area contributed by atoms with E-state index in [9.17, 15) is 14.2 Å². The van der Waals surface area contributed by atoms with Crippen molar-refractivity contribution in [1.82, 2.24) is 0 Å². The third kappa shape index (κ3) is 40.3. The molecule has 0 aromatic carbocycles. The standard InChI is InChI=1S/C43H73O8P/c1-3-5-7-9-11-13-15-17-19-21-23-25-27-29-31-33-35-37-42(44)49-39-41(40-50-52(46,47)48)51-43(45)38-36-34-32-30-28-26-24-22-20-18-16-14-12-10-8-6-4-2/h8,10,14,16,20,22-23,25-26,28-29,31,41H,3-7,9,11-13,15,17-19,21,24,27,30,32-40H2,1-2H3,(H2,46,47,48)/b10-8+,16-14+,22-20+,25-23+,28-26+,31-29+/t41-/m1/s1. The fourth-order valence-corrected chi connectivity index (χ4v) is 5.53. The number of allylic oxidation sites excluding steroid dienone is 12. The minimum Gasteiger partial charge on any atom is -0.462 e. The van der Waals surface area contributed by atoms with E-state index in [0.717, 1.165) is 64.2 Å². The van der Waals surface area contributed by atoms with Crippen LogP contribution < -0.4 is 0 Å². The van der Waals surface area contributed by atoms with Gasteiger partial charge in [0.2, 0.25) is 0 Å². The summed E-state index contributed by atoms with van der Waals surface area (Å²) in [7, 11) is -4.77. The molecule has 0 bridgehead atoms. The predicted molar refractivity (Wildman–Crippen MR) is 216 cm³/mol. The molecule has 9 heteroatoms. The summed E-state index contributed by atoms with van der Waals surface area (Å²) in [4.78, 5) is 42.8. The molecule has 0 spiro atoms. The Morgan fingerprint density at radius 1 is 0.500 bits per heavy atom. The average molecular weight is 749 g/mol. The zero-order valence-electron chi connectivity index (χ0n) is 32.7. The van der Waals surface area contributed by atoms with E-state index in [2.05, 4.69) is 91.3 Å². The van der Waals surface area contributed by atoms with Crippen LogP contribution >= 0.6 is 7.82 Å². The van der Waals surface area contributed by atoms with Crippen molar-refractivity contribution in [2.75, 3.05) is 13.2 Å². The molecule has 0 aliphatic rings. The van der Waals surface area contributed by atoms with E-state index < -0.39 is 32.5 Å². The van der Waals surface area contributed by atoms with Gasteiger partial charge in [-0.1, -0.05) is 151 Å². The Morgan fingerprint density at radius 2 is 0.923 bits per heavy atom. The van der Waals surface area contributed by atoms with Crippen LogP contribution in [0, 0.1) is 0 Å². The minimum absolute atomic E-state index is 0.162. The first kappa shape index (κ1) is 49.5. The third-order valence-corrected chi connectivity index (χ3v) is 8.66. The Labute approximate surface area is 317 Å². The van der Waals surface area contributed by atoms with Crippen molar-refractivity contribution in [3.63, 3.8) is 0 Å². The molecule has 52 heavy (non-hydrogen) atoms. The summed E-state index contributed by atoms with van der Waals surface area (Å²) in [5.74, 6) is -0.980. The van der Waals surface area contributed by atoms with Crippen LogP contribution in [0.4, 0.5) is 0 Å². The Morgan fingerprint density at radius 3 is 1.42 bits per heavy atom. The first-order valence-electron chi connectivity index (χ1n) is 20.2. The average Bonchev–Trinajstić information content (AvgIpc) is 3.11. The van der Waals surface area contributed by atoms with E-state index in [-0.39, 0.29) is 19.4 Å².